The number of sulfonamides is 1. The van der Waals surface area contributed by atoms with Crippen LogP contribution in [0.3, 0.4) is 0 Å². The van der Waals surface area contributed by atoms with Crippen molar-refractivity contribution in [1.82, 2.24) is 9.62 Å². The molecule has 1 amide bonds. The molecule has 208 valence electrons. The number of hydrogen-bond donors (Lipinski definition) is 1. The van der Waals surface area contributed by atoms with Crippen molar-refractivity contribution >= 4 is 33.7 Å². The van der Waals surface area contributed by atoms with Crippen molar-refractivity contribution in [2.75, 3.05) is 0 Å². The molecule has 3 rings (SSSR count). The average molecular weight is 588 g/mol. The Balaban J connectivity index is 1.80. The first-order valence-corrected chi connectivity index (χ1v) is 12.4. The van der Waals surface area contributed by atoms with Crippen LogP contribution in [0.2, 0.25) is 0 Å². The van der Waals surface area contributed by atoms with E-state index in [9.17, 15) is 57.5 Å². The smallest absolute Gasteiger partial charge is 0.459 e. The summed E-state index contributed by atoms with van der Waals surface area (Å²) in [6.45, 7) is 2.57. The van der Waals surface area contributed by atoms with Gasteiger partial charge in [0.2, 0.25) is 5.91 Å². The van der Waals surface area contributed by atoms with Crippen LogP contribution in [-0.4, -0.2) is 70.7 Å². The Morgan fingerprint density at radius 3 is 2.08 bits per heavy atom. The van der Waals surface area contributed by atoms with Gasteiger partial charge in [0.1, 0.15) is 24.1 Å². The number of carbonyl (C=O) groups excluding carboxylic acids is 2. The number of carbonyl (C=O) groups is 2. The highest BCUT2D eigenvalue weighted by atomic mass is 32.2. The molecule has 7 nitrogen and oxygen atoms in total. The lowest BCUT2D eigenvalue weighted by Crippen LogP contribution is -2.73. The Hall–Kier alpha value is -2.21. The highest BCUT2D eigenvalue weighted by Gasteiger charge is 2.85. The Bertz CT molecular complexity index is 1180. The van der Waals surface area contributed by atoms with Crippen LogP contribution in [0.15, 0.2) is 30.3 Å². The van der Waals surface area contributed by atoms with E-state index in [1.54, 1.807) is 30.3 Å². The van der Waals surface area contributed by atoms with E-state index < -0.39 is 67.4 Å². The standard InChI is InChI=1S/C19H17F9N2O5S2/c1-15(2)11(14(32)35-8-9-6-4-3-5-7-9)30-12(31)10(13(30)36-15)29-37(33,34)19(27,28)17(22,23)16(20,21)18(24,25)26/h3-7,10-11,13,29H,8H2,1-2H3/t10-,11+,13-/m1/s1. The van der Waals surface area contributed by atoms with Gasteiger partial charge >= 0.3 is 29.2 Å². The van der Waals surface area contributed by atoms with Gasteiger partial charge in [-0.1, -0.05) is 30.3 Å². The second-order valence-corrected chi connectivity index (χ2v) is 12.1. The summed E-state index contributed by atoms with van der Waals surface area (Å²) in [6, 6.07) is 4.56. The molecule has 0 radical (unpaired) electrons. The van der Waals surface area contributed by atoms with Crippen LogP contribution >= 0.6 is 11.8 Å². The fourth-order valence-electron chi connectivity index (χ4n) is 3.68. The first-order chi connectivity index (χ1) is 16.6. The third kappa shape index (κ3) is 4.53. The fourth-order valence-corrected chi connectivity index (χ4v) is 6.57. The van der Waals surface area contributed by atoms with E-state index in [-0.39, 0.29) is 6.61 Å². The minimum atomic E-state index is -7.44. The average Bonchev–Trinajstić information content (AvgIpc) is 3.03. The number of fused-ring (bicyclic) bond motifs is 1. The van der Waals surface area contributed by atoms with Gasteiger partial charge in [-0.15, -0.1) is 11.8 Å². The van der Waals surface area contributed by atoms with Gasteiger partial charge in [-0.2, -0.15) is 44.2 Å². The predicted molar refractivity (Wildman–Crippen MR) is 109 cm³/mol. The van der Waals surface area contributed by atoms with Gasteiger partial charge < -0.3 is 9.64 Å². The molecule has 3 atom stereocenters. The highest BCUT2D eigenvalue weighted by molar-refractivity contribution is 8.01. The van der Waals surface area contributed by atoms with E-state index >= 15 is 0 Å². The van der Waals surface area contributed by atoms with Gasteiger partial charge in [-0.05, 0) is 19.4 Å². The Kier molecular flexibility index (Phi) is 7.08. The third-order valence-electron chi connectivity index (χ3n) is 5.62. The number of esters is 1. The number of hydrogen-bond acceptors (Lipinski definition) is 6. The van der Waals surface area contributed by atoms with E-state index in [0.717, 1.165) is 9.62 Å². The molecule has 1 aromatic rings. The number of rotatable bonds is 8. The second kappa shape index (κ2) is 8.93. The van der Waals surface area contributed by atoms with Crippen molar-refractivity contribution < 1.29 is 62.3 Å². The molecule has 1 aromatic carbocycles. The lowest BCUT2D eigenvalue weighted by atomic mass is 9.96. The quantitative estimate of drug-likeness (QED) is 0.284. The number of ether oxygens (including phenoxy) is 1. The number of amides is 1. The van der Waals surface area contributed by atoms with Gasteiger partial charge in [0.15, 0.2) is 0 Å². The Morgan fingerprint density at radius 2 is 1.57 bits per heavy atom. The summed E-state index contributed by atoms with van der Waals surface area (Å²) in [7, 11) is -7.00. The number of β-lactam (4-membered cyclic amide) rings is 1. The first kappa shape index (κ1) is 29.3. The Morgan fingerprint density at radius 1 is 1.03 bits per heavy atom. The van der Waals surface area contributed by atoms with Gasteiger partial charge in [0.25, 0.3) is 10.0 Å². The summed E-state index contributed by atoms with van der Waals surface area (Å²) in [5, 5.41) is -8.45. The monoisotopic (exact) mass is 588 g/mol. The maximum atomic E-state index is 14.0. The molecule has 18 heteroatoms. The molecule has 2 aliphatic heterocycles. The number of nitrogens with one attached hydrogen (secondary N) is 1. The van der Waals surface area contributed by atoms with Crippen LogP contribution in [0.1, 0.15) is 19.4 Å². The summed E-state index contributed by atoms with van der Waals surface area (Å²) < 4.78 is 147. The van der Waals surface area contributed by atoms with E-state index in [0.29, 0.717) is 17.3 Å². The van der Waals surface area contributed by atoms with Crippen molar-refractivity contribution in [3.63, 3.8) is 0 Å². The van der Waals surface area contributed by atoms with Crippen LogP contribution < -0.4 is 4.72 Å². The predicted octanol–water partition coefficient (Wildman–Crippen LogP) is 3.51. The van der Waals surface area contributed by atoms with Crippen LogP contribution in [0.5, 0.6) is 0 Å². The minimum Gasteiger partial charge on any atom is -0.459 e. The number of nitrogens with zero attached hydrogens (tertiary/aromatic N) is 1. The molecule has 1 N–H and O–H groups in total. The zero-order valence-corrected chi connectivity index (χ0v) is 20.2. The molecule has 37 heavy (non-hydrogen) atoms. The third-order valence-corrected chi connectivity index (χ3v) is 8.69. The number of thioether (sulfide) groups is 1. The Labute approximate surface area is 207 Å². The molecule has 0 bridgehead atoms. The van der Waals surface area contributed by atoms with Crippen LogP contribution in [0.4, 0.5) is 39.5 Å². The summed E-state index contributed by atoms with van der Waals surface area (Å²) >= 11 is 0.673. The van der Waals surface area contributed by atoms with E-state index in [1.807, 2.05) is 0 Å². The van der Waals surface area contributed by atoms with Crippen molar-refractivity contribution in [1.29, 1.82) is 0 Å². The molecular weight excluding hydrogens is 571 g/mol. The van der Waals surface area contributed by atoms with E-state index in [1.165, 1.54) is 13.8 Å². The van der Waals surface area contributed by atoms with Crippen molar-refractivity contribution in [2.45, 2.75) is 65.9 Å². The maximum Gasteiger partial charge on any atom is 0.460 e. The molecule has 2 heterocycles. The zero-order valence-electron chi connectivity index (χ0n) is 18.5. The molecule has 0 spiro atoms. The SMILES string of the molecule is CC1(C)S[C@@H]2[C@H](NS(=O)(=O)C(F)(F)C(F)(F)C(F)(F)C(F)(F)F)C(=O)N2[C@H]1C(=O)OCc1ccccc1. The maximum absolute atomic E-state index is 14.0. The minimum absolute atomic E-state index is 0.228. The van der Waals surface area contributed by atoms with E-state index in [4.69, 9.17) is 4.74 Å². The topological polar surface area (TPSA) is 92.8 Å². The zero-order chi connectivity index (χ0) is 28.4. The molecule has 2 aliphatic rings. The number of alkyl halides is 9. The summed E-state index contributed by atoms with van der Waals surface area (Å²) in [5.74, 6) is -17.2. The lowest BCUT2D eigenvalue weighted by molar-refractivity contribution is -0.382. The van der Waals surface area contributed by atoms with E-state index in [2.05, 4.69) is 0 Å². The summed E-state index contributed by atoms with van der Waals surface area (Å²) in [5.41, 5.74) is 0.565. The fraction of sp³-hybridized carbons (Fsp3) is 0.579. The molecule has 2 fully saturated rings. The van der Waals surface area contributed by atoms with Gasteiger partial charge in [-0.3, -0.25) is 4.79 Å². The normalized spacial score (nSPS) is 24.5. The molecular formula is C19H17F9N2O5S2. The second-order valence-electron chi connectivity index (χ2n) is 8.62. The van der Waals surface area contributed by atoms with Crippen LogP contribution in [-0.2, 0) is 31.0 Å². The van der Waals surface area contributed by atoms with Crippen molar-refractivity contribution in [2.24, 2.45) is 0 Å². The molecule has 0 saturated carbocycles. The molecule has 0 aromatic heterocycles. The number of halogens is 9. The molecule has 0 unspecified atom stereocenters. The van der Waals surface area contributed by atoms with Gasteiger partial charge in [0.05, 0.1) is 0 Å². The summed E-state index contributed by atoms with van der Waals surface area (Å²) in [6.07, 6.45) is -7.23. The first-order valence-electron chi connectivity index (χ1n) is 10.0. The van der Waals surface area contributed by atoms with Gasteiger partial charge in [0, 0.05) is 4.75 Å². The largest absolute Gasteiger partial charge is 0.460 e. The van der Waals surface area contributed by atoms with Crippen LogP contribution in [0, 0.1) is 0 Å². The van der Waals surface area contributed by atoms with Crippen LogP contribution in [0.25, 0.3) is 0 Å². The summed E-state index contributed by atoms with van der Waals surface area (Å²) in [4.78, 5) is 26.0. The van der Waals surface area contributed by atoms with Crippen molar-refractivity contribution in [3.05, 3.63) is 35.9 Å². The number of benzene rings is 1. The molecule has 2 saturated heterocycles. The van der Waals surface area contributed by atoms with Gasteiger partial charge in [-0.25, -0.2) is 13.2 Å². The molecule has 0 aliphatic carbocycles. The highest BCUT2D eigenvalue weighted by Crippen LogP contribution is 2.55. The van der Waals surface area contributed by atoms with Crippen molar-refractivity contribution in [3.8, 4) is 0 Å². The lowest BCUT2D eigenvalue weighted by Gasteiger charge is -2.44.